The molecule has 0 saturated heterocycles. The highest BCUT2D eigenvalue weighted by Crippen LogP contribution is 2.36. The van der Waals surface area contributed by atoms with Crippen molar-refractivity contribution < 1.29 is 4.79 Å². The lowest BCUT2D eigenvalue weighted by molar-refractivity contribution is 0.0728. The summed E-state index contributed by atoms with van der Waals surface area (Å²) >= 11 is 0. The van der Waals surface area contributed by atoms with Crippen molar-refractivity contribution in [3.63, 3.8) is 0 Å². The van der Waals surface area contributed by atoms with Crippen LogP contribution < -0.4 is 5.32 Å². The van der Waals surface area contributed by atoms with Crippen LogP contribution in [0.25, 0.3) is 0 Å². The highest BCUT2D eigenvalue weighted by Gasteiger charge is 2.36. The van der Waals surface area contributed by atoms with Crippen LogP contribution in [0.2, 0.25) is 0 Å². The molecule has 0 fully saturated rings. The van der Waals surface area contributed by atoms with Crippen molar-refractivity contribution in [2.45, 2.75) is 26.6 Å². The smallest absolute Gasteiger partial charge is 0.256 e. The number of carbonyl (C=O) groups excluding carboxylic acids is 1. The Hall–Kier alpha value is -3.07. The van der Waals surface area contributed by atoms with Gasteiger partial charge in [0.15, 0.2) is 0 Å². The summed E-state index contributed by atoms with van der Waals surface area (Å²) in [5.74, 6) is 0.0762. The summed E-state index contributed by atoms with van der Waals surface area (Å²) in [6.45, 7) is 4.80. The maximum Gasteiger partial charge on any atom is 0.256 e. The molecule has 26 heavy (non-hydrogen) atoms. The summed E-state index contributed by atoms with van der Waals surface area (Å²) in [5.41, 5.74) is 6.46. The maximum absolute atomic E-state index is 13.0. The number of nitrogens with one attached hydrogen (secondary N) is 1. The van der Waals surface area contributed by atoms with E-state index < -0.39 is 0 Å². The van der Waals surface area contributed by atoms with Gasteiger partial charge in [0.1, 0.15) is 6.17 Å². The Morgan fingerprint density at radius 3 is 2.42 bits per heavy atom. The van der Waals surface area contributed by atoms with Crippen LogP contribution in [0.5, 0.6) is 0 Å². The van der Waals surface area contributed by atoms with Crippen molar-refractivity contribution in [1.82, 2.24) is 4.90 Å². The summed E-state index contributed by atoms with van der Waals surface area (Å²) in [5, 5.41) is 3.61. The van der Waals surface area contributed by atoms with Gasteiger partial charge in [0.25, 0.3) is 5.91 Å². The summed E-state index contributed by atoms with van der Waals surface area (Å²) in [4.78, 5) is 15.0. The second-order valence-electron chi connectivity index (χ2n) is 6.80. The van der Waals surface area contributed by atoms with Gasteiger partial charge in [0.05, 0.1) is 0 Å². The Bertz CT molecular complexity index is 949. The molecule has 130 valence electrons. The summed E-state index contributed by atoms with van der Waals surface area (Å²) in [6.07, 6.45) is -0.167. The molecule has 3 nitrogen and oxygen atoms in total. The van der Waals surface area contributed by atoms with Gasteiger partial charge in [-0.2, -0.15) is 0 Å². The first-order chi connectivity index (χ1) is 12.6. The number of nitrogens with zero attached hydrogens (tertiary/aromatic N) is 1. The molecule has 0 aliphatic carbocycles. The third-order valence-electron chi connectivity index (χ3n) is 5.15. The number of anilines is 1. The van der Waals surface area contributed by atoms with Gasteiger partial charge in [-0.05, 0) is 42.7 Å². The molecule has 0 aromatic heterocycles. The zero-order chi connectivity index (χ0) is 18.1. The molecule has 3 heteroatoms. The third-order valence-corrected chi connectivity index (χ3v) is 5.15. The lowest BCUT2D eigenvalue weighted by Gasteiger charge is -2.28. The molecule has 0 unspecified atom stereocenters. The molecular weight excluding hydrogens is 320 g/mol. The molecule has 0 bridgehead atoms. The normalized spacial score (nSPS) is 15.8. The number of carbonyl (C=O) groups is 1. The fourth-order valence-electron chi connectivity index (χ4n) is 3.52. The van der Waals surface area contributed by atoms with E-state index >= 15 is 0 Å². The molecule has 3 aromatic carbocycles. The molecule has 1 heterocycles. The molecule has 1 amide bonds. The van der Waals surface area contributed by atoms with Crippen molar-refractivity contribution in [3.05, 3.63) is 101 Å². The average Bonchev–Trinajstić information content (AvgIpc) is 2.92. The molecule has 3 aromatic rings. The van der Waals surface area contributed by atoms with E-state index in [1.165, 1.54) is 11.1 Å². The van der Waals surface area contributed by atoms with E-state index in [2.05, 4.69) is 49.5 Å². The number of hydrogen-bond donors (Lipinski definition) is 1. The van der Waals surface area contributed by atoms with E-state index in [1.54, 1.807) is 0 Å². The van der Waals surface area contributed by atoms with Gasteiger partial charge in [-0.15, -0.1) is 0 Å². The molecule has 1 N–H and O–H groups in total. The van der Waals surface area contributed by atoms with Crippen LogP contribution in [0.3, 0.4) is 0 Å². The first-order valence-corrected chi connectivity index (χ1v) is 8.92. The van der Waals surface area contributed by atoms with E-state index in [1.807, 2.05) is 47.4 Å². The van der Waals surface area contributed by atoms with E-state index in [4.69, 9.17) is 0 Å². The summed E-state index contributed by atoms with van der Waals surface area (Å²) in [6, 6.07) is 24.3. The van der Waals surface area contributed by atoms with Crippen LogP contribution >= 0.6 is 0 Å². The molecule has 4 rings (SSSR count). The van der Waals surface area contributed by atoms with Crippen molar-refractivity contribution in [3.8, 4) is 0 Å². The predicted molar refractivity (Wildman–Crippen MR) is 105 cm³/mol. The minimum atomic E-state index is -0.167. The van der Waals surface area contributed by atoms with E-state index in [-0.39, 0.29) is 12.1 Å². The minimum Gasteiger partial charge on any atom is -0.361 e. The highest BCUT2D eigenvalue weighted by atomic mass is 16.2. The van der Waals surface area contributed by atoms with Gasteiger partial charge in [0, 0.05) is 23.4 Å². The third kappa shape index (κ3) is 2.86. The Balaban J connectivity index is 1.72. The molecule has 1 atom stereocenters. The molecule has 1 aliphatic heterocycles. The van der Waals surface area contributed by atoms with E-state index in [0.717, 1.165) is 22.4 Å². The van der Waals surface area contributed by atoms with E-state index in [0.29, 0.717) is 6.54 Å². The van der Waals surface area contributed by atoms with Gasteiger partial charge >= 0.3 is 0 Å². The number of fused-ring (bicyclic) bond motifs is 1. The van der Waals surface area contributed by atoms with Crippen LogP contribution in [0, 0.1) is 13.8 Å². The molecule has 0 spiro atoms. The lowest BCUT2D eigenvalue weighted by atomic mass is 10.1. The fourth-order valence-corrected chi connectivity index (χ4v) is 3.52. The van der Waals surface area contributed by atoms with Gasteiger partial charge in [-0.3, -0.25) is 4.79 Å². The van der Waals surface area contributed by atoms with E-state index in [9.17, 15) is 4.79 Å². The van der Waals surface area contributed by atoms with Crippen LogP contribution in [-0.4, -0.2) is 10.8 Å². The van der Waals surface area contributed by atoms with Crippen molar-refractivity contribution >= 4 is 11.6 Å². The highest BCUT2D eigenvalue weighted by molar-refractivity contribution is 5.99. The number of aryl methyl sites for hydroxylation is 1. The van der Waals surface area contributed by atoms with Gasteiger partial charge < -0.3 is 10.2 Å². The Labute approximate surface area is 154 Å². The molecule has 1 aliphatic rings. The van der Waals surface area contributed by atoms with Crippen molar-refractivity contribution in [2.24, 2.45) is 0 Å². The zero-order valence-corrected chi connectivity index (χ0v) is 15.1. The predicted octanol–water partition coefficient (Wildman–Crippen LogP) is 5.07. The number of benzene rings is 3. The average molecular weight is 342 g/mol. The largest absolute Gasteiger partial charge is 0.361 e. The Kier molecular flexibility index (Phi) is 4.21. The second kappa shape index (κ2) is 6.68. The van der Waals surface area contributed by atoms with Gasteiger partial charge in [-0.1, -0.05) is 60.7 Å². The van der Waals surface area contributed by atoms with Crippen molar-refractivity contribution in [1.29, 1.82) is 0 Å². The monoisotopic (exact) mass is 342 g/mol. The Morgan fingerprint density at radius 2 is 1.62 bits per heavy atom. The number of hydrogen-bond acceptors (Lipinski definition) is 2. The van der Waals surface area contributed by atoms with Crippen LogP contribution in [0.15, 0.2) is 72.8 Å². The van der Waals surface area contributed by atoms with Gasteiger partial charge in [0.2, 0.25) is 0 Å². The molecule has 0 radical (unpaired) electrons. The van der Waals surface area contributed by atoms with Crippen LogP contribution in [0.1, 0.15) is 38.8 Å². The lowest BCUT2D eigenvalue weighted by Crippen LogP contribution is -2.32. The minimum absolute atomic E-state index is 0.0762. The topological polar surface area (TPSA) is 32.3 Å². The van der Waals surface area contributed by atoms with Crippen LogP contribution in [0.4, 0.5) is 5.69 Å². The quantitative estimate of drug-likeness (QED) is 0.718. The zero-order valence-electron chi connectivity index (χ0n) is 15.1. The van der Waals surface area contributed by atoms with Gasteiger partial charge in [-0.25, -0.2) is 0 Å². The standard InChI is InChI=1S/C23H22N2O/c1-16-9-8-14-21(17(16)2)24-22-19-12-6-7-13-20(19)23(26)25(22)15-18-10-4-3-5-11-18/h3-14,22,24H,15H2,1-2H3/t22-/m1/s1. The number of rotatable bonds is 4. The first-order valence-electron chi connectivity index (χ1n) is 8.92. The molecule has 0 saturated carbocycles. The first kappa shape index (κ1) is 16.4. The molecular formula is C23H22N2O. The second-order valence-corrected chi connectivity index (χ2v) is 6.80. The Morgan fingerprint density at radius 1 is 0.885 bits per heavy atom. The SMILES string of the molecule is Cc1cccc(N[C@H]2c3ccccc3C(=O)N2Cc2ccccc2)c1C. The van der Waals surface area contributed by atoms with Crippen LogP contribution in [-0.2, 0) is 6.54 Å². The number of amides is 1. The maximum atomic E-state index is 13.0. The summed E-state index contributed by atoms with van der Waals surface area (Å²) in [7, 11) is 0. The van der Waals surface area contributed by atoms with Crippen molar-refractivity contribution in [2.75, 3.05) is 5.32 Å². The fraction of sp³-hybridized carbons (Fsp3) is 0.174. The summed E-state index contributed by atoms with van der Waals surface area (Å²) < 4.78 is 0.